The van der Waals surface area contributed by atoms with Crippen LogP contribution in [0.5, 0.6) is 0 Å². The summed E-state index contributed by atoms with van der Waals surface area (Å²) < 4.78 is 4.93. The van der Waals surface area contributed by atoms with Gasteiger partial charge in [0, 0.05) is 13.7 Å². The maximum Gasteiger partial charge on any atom is 0.0462 e. The molecular weight excluding hydrogens is 124 g/mol. The summed E-state index contributed by atoms with van der Waals surface area (Å²) >= 11 is 0. The van der Waals surface area contributed by atoms with Gasteiger partial charge in [-0.25, -0.2) is 0 Å². The van der Waals surface area contributed by atoms with Crippen molar-refractivity contribution >= 4 is 0 Å². The van der Waals surface area contributed by atoms with Gasteiger partial charge in [-0.05, 0) is 12.8 Å². The highest BCUT2D eigenvalue weighted by Gasteiger charge is 1.88. The van der Waals surface area contributed by atoms with Gasteiger partial charge in [-0.3, -0.25) is 0 Å². The van der Waals surface area contributed by atoms with E-state index in [4.69, 9.17) is 4.74 Å². The summed E-state index contributed by atoms with van der Waals surface area (Å²) in [7, 11) is 1.76. The van der Waals surface area contributed by atoms with Gasteiger partial charge in [-0.2, -0.15) is 0 Å². The second kappa shape index (κ2) is 8.96. The van der Waals surface area contributed by atoms with Crippen molar-refractivity contribution in [2.24, 2.45) is 0 Å². The van der Waals surface area contributed by atoms with E-state index < -0.39 is 0 Å². The Hall–Kier alpha value is -0.0400. The van der Waals surface area contributed by atoms with E-state index >= 15 is 0 Å². The normalized spacial score (nSPS) is 10.2. The molecule has 0 aliphatic heterocycles. The first-order chi connectivity index (χ1) is 4.91. The van der Waals surface area contributed by atoms with Crippen LogP contribution in [0.15, 0.2) is 0 Å². The van der Waals surface area contributed by atoms with Gasteiger partial charge in [-0.1, -0.05) is 32.6 Å². The number of unbranched alkanes of at least 4 members (excludes halogenated alkanes) is 5. The lowest BCUT2D eigenvalue weighted by atomic mass is 10.1. The SMILES string of the molecule is CCC[CH]CCCCOC. The third-order valence-corrected chi connectivity index (χ3v) is 1.50. The maximum absolute atomic E-state index is 4.93. The lowest BCUT2D eigenvalue weighted by Crippen LogP contribution is -1.88. The van der Waals surface area contributed by atoms with Gasteiger partial charge in [0.05, 0.1) is 0 Å². The fourth-order valence-electron chi connectivity index (χ4n) is 0.884. The second-order valence-corrected chi connectivity index (χ2v) is 2.57. The largest absolute Gasteiger partial charge is 0.385 e. The molecule has 0 rings (SSSR count). The quantitative estimate of drug-likeness (QED) is 0.498. The summed E-state index contributed by atoms with van der Waals surface area (Å²) in [4.78, 5) is 0. The molecule has 0 unspecified atom stereocenters. The Labute approximate surface area is 64.8 Å². The average molecular weight is 143 g/mol. The summed E-state index contributed by atoms with van der Waals surface area (Å²) in [6, 6.07) is 0. The molecule has 1 nitrogen and oxygen atoms in total. The smallest absolute Gasteiger partial charge is 0.0462 e. The second-order valence-electron chi connectivity index (χ2n) is 2.57. The number of methoxy groups -OCH3 is 1. The van der Waals surface area contributed by atoms with Crippen molar-refractivity contribution in [3.8, 4) is 0 Å². The first-order valence-electron chi connectivity index (χ1n) is 4.22. The van der Waals surface area contributed by atoms with Crippen LogP contribution in [-0.4, -0.2) is 13.7 Å². The van der Waals surface area contributed by atoms with E-state index in [-0.39, 0.29) is 0 Å². The molecule has 61 valence electrons. The minimum absolute atomic E-state index is 0.917. The molecule has 0 aliphatic carbocycles. The van der Waals surface area contributed by atoms with Gasteiger partial charge < -0.3 is 4.74 Å². The molecule has 0 fully saturated rings. The maximum atomic E-state index is 4.93. The third kappa shape index (κ3) is 7.96. The highest BCUT2D eigenvalue weighted by molar-refractivity contribution is 4.62. The molecule has 0 saturated heterocycles. The van der Waals surface area contributed by atoms with E-state index in [2.05, 4.69) is 13.3 Å². The lowest BCUT2D eigenvalue weighted by Gasteiger charge is -1.98. The minimum atomic E-state index is 0.917. The highest BCUT2D eigenvalue weighted by atomic mass is 16.5. The Bertz CT molecular complexity index is 44.7. The fourth-order valence-corrected chi connectivity index (χ4v) is 0.884. The lowest BCUT2D eigenvalue weighted by molar-refractivity contribution is 0.193. The molecule has 0 atom stereocenters. The molecule has 0 aromatic rings. The summed E-state index contributed by atoms with van der Waals surface area (Å²) in [5.74, 6) is 0. The summed E-state index contributed by atoms with van der Waals surface area (Å²) in [6.45, 7) is 3.13. The molecule has 0 amide bonds. The Morgan fingerprint density at radius 3 is 2.60 bits per heavy atom. The first kappa shape index (κ1) is 9.96. The van der Waals surface area contributed by atoms with Gasteiger partial charge in [-0.15, -0.1) is 0 Å². The first-order valence-corrected chi connectivity index (χ1v) is 4.22. The number of rotatable bonds is 7. The van der Waals surface area contributed by atoms with Crippen molar-refractivity contribution in [2.45, 2.75) is 39.0 Å². The van der Waals surface area contributed by atoms with Crippen LogP contribution in [0.3, 0.4) is 0 Å². The van der Waals surface area contributed by atoms with Crippen molar-refractivity contribution in [1.82, 2.24) is 0 Å². The molecule has 0 aromatic carbocycles. The molecule has 10 heavy (non-hydrogen) atoms. The average Bonchev–Trinajstić information content (AvgIpc) is 1.97. The Morgan fingerprint density at radius 1 is 1.20 bits per heavy atom. The van der Waals surface area contributed by atoms with E-state index in [1.54, 1.807) is 7.11 Å². The zero-order chi connectivity index (χ0) is 7.66. The fraction of sp³-hybridized carbons (Fsp3) is 0.889. The Balaban J connectivity index is 2.65. The van der Waals surface area contributed by atoms with Crippen LogP contribution in [0.2, 0.25) is 0 Å². The van der Waals surface area contributed by atoms with Crippen LogP contribution < -0.4 is 0 Å². The molecule has 0 aliphatic rings. The zero-order valence-electron chi connectivity index (χ0n) is 7.23. The van der Waals surface area contributed by atoms with E-state index in [0.717, 1.165) is 6.61 Å². The molecule has 1 heteroatoms. The minimum Gasteiger partial charge on any atom is -0.385 e. The molecule has 1 radical (unpaired) electrons. The number of ether oxygens (including phenoxy) is 1. The van der Waals surface area contributed by atoms with Crippen LogP contribution in [0.4, 0.5) is 0 Å². The standard InChI is InChI=1S/C9H19O/c1-3-4-5-6-7-8-9-10-2/h5H,3-4,6-9H2,1-2H3. The van der Waals surface area contributed by atoms with Crippen molar-refractivity contribution < 1.29 is 4.74 Å². The van der Waals surface area contributed by atoms with E-state index in [0.29, 0.717) is 0 Å². The molecule has 0 aromatic heterocycles. The van der Waals surface area contributed by atoms with Crippen molar-refractivity contribution in [3.63, 3.8) is 0 Å². The van der Waals surface area contributed by atoms with Gasteiger partial charge in [0.2, 0.25) is 0 Å². The monoisotopic (exact) mass is 143 g/mol. The molecule has 0 N–H and O–H groups in total. The predicted octanol–water partition coefficient (Wildman–Crippen LogP) is 2.81. The Morgan fingerprint density at radius 2 is 2.00 bits per heavy atom. The van der Waals surface area contributed by atoms with Crippen LogP contribution in [-0.2, 0) is 4.74 Å². The van der Waals surface area contributed by atoms with Crippen LogP contribution in [0.25, 0.3) is 0 Å². The number of hydrogen-bond donors (Lipinski definition) is 0. The van der Waals surface area contributed by atoms with Crippen molar-refractivity contribution in [3.05, 3.63) is 6.42 Å². The molecule has 0 bridgehead atoms. The molecular formula is C9H19O. The molecule has 0 spiro atoms. The summed E-state index contributed by atoms with van der Waals surface area (Å²) in [5, 5.41) is 0. The van der Waals surface area contributed by atoms with E-state index in [9.17, 15) is 0 Å². The highest BCUT2D eigenvalue weighted by Crippen LogP contribution is 2.02. The van der Waals surface area contributed by atoms with E-state index in [1.165, 1.54) is 32.1 Å². The van der Waals surface area contributed by atoms with Gasteiger partial charge in [0.15, 0.2) is 0 Å². The topological polar surface area (TPSA) is 9.23 Å². The zero-order valence-corrected chi connectivity index (χ0v) is 7.23. The van der Waals surface area contributed by atoms with Crippen LogP contribution in [0.1, 0.15) is 39.0 Å². The van der Waals surface area contributed by atoms with E-state index in [1.807, 2.05) is 0 Å². The molecule has 0 saturated carbocycles. The summed E-state index contributed by atoms with van der Waals surface area (Å²) in [6.07, 6.45) is 8.68. The van der Waals surface area contributed by atoms with Gasteiger partial charge in [0.1, 0.15) is 0 Å². The van der Waals surface area contributed by atoms with Crippen molar-refractivity contribution in [1.29, 1.82) is 0 Å². The van der Waals surface area contributed by atoms with Crippen LogP contribution in [0, 0.1) is 6.42 Å². The third-order valence-electron chi connectivity index (χ3n) is 1.50. The Kier molecular flexibility index (Phi) is 8.92. The van der Waals surface area contributed by atoms with Gasteiger partial charge >= 0.3 is 0 Å². The predicted molar refractivity (Wildman–Crippen MR) is 44.9 cm³/mol. The van der Waals surface area contributed by atoms with Crippen molar-refractivity contribution in [2.75, 3.05) is 13.7 Å². The summed E-state index contributed by atoms with van der Waals surface area (Å²) in [5.41, 5.74) is 0. The van der Waals surface area contributed by atoms with Crippen LogP contribution >= 0.6 is 0 Å². The molecule has 0 heterocycles. The number of hydrogen-bond acceptors (Lipinski definition) is 1. The van der Waals surface area contributed by atoms with Gasteiger partial charge in [0.25, 0.3) is 0 Å².